The fourth-order valence-corrected chi connectivity index (χ4v) is 4.01. The molecule has 0 bridgehead atoms. The Morgan fingerprint density at radius 2 is 1.38 bits per heavy atom. The lowest BCUT2D eigenvalue weighted by Gasteiger charge is -2.17. The van der Waals surface area contributed by atoms with Gasteiger partial charge in [0.2, 0.25) is 0 Å². The Morgan fingerprint density at radius 1 is 0.781 bits per heavy atom. The number of hydrogen-bond donors (Lipinski definition) is 1. The van der Waals surface area contributed by atoms with Crippen LogP contribution in [-0.4, -0.2) is 36.2 Å². The molecule has 4 heteroatoms. The average molecular weight is 450 g/mol. The molecule has 0 fully saturated rings. The quantitative estimate of drug-likeness (QED) is 0.251. The highest BCUT2D eigenvalue weighted by Gasteiger charge is 2.13. The summed E-state index contributed by atoms with van der Waals surface area (Å²) < 4.78 is 5.96. The molecule has 0 heterocycles. The SMILES string of the molecule is CCN(CC)CCCCOc1ccc(C(=C(Cl)c2ccccc2)c2ccc(O)cc2)cc1. The second kappa shape index (κ2) is 12.3. The Hall–Kier alpha value is -2.75. The Balaban J connectivity index is 1.74. The normalized spacial score (nSPS) is 12.0. The first-order valence-electron chi connectivity index (χ1n) is 11.3. The molecule has 3 rings (SSSR count). The van der Waals surface area contributed by atoms with Gasteiger partial charge in [0.25, 0.3) is 0 Å². The van der Waals surface area contributed by atoms with E-state index in [0.29, 0.717) is 11.6 Å². The maximum atomic E-state index is 9.71. The van der Waals surface area contributed by atoms with Gasteiger partial charge in [-0.15, -0.1) is 0 Å². The van der Waals surface area contributed by atoms with Crippen LogP contribution in [0.3, 0.4) is 0 Å². The molecule has 0 radical (unpaired) electrons. The zero-order chi connectivity index (χ0) is 22.8. The van der Waals surface area contributed by atoms with Gasteiger partial charge in [-0.25, -0.2) is 0 Å². The molecule has 168 valence electrons. The minimum atomic E-state index is 0.230. The van der Waals surface area contributed by atoms with Gasteiger partial charge in [0.05, 0.1) is 11.6 Å². The van der Waals surface area contributed by atoms with Crippen molar-refractivity contribution in [3.8, 4) is 11.5 Å². The molecule has 3 nitrogen and oxygen atoms in total. The second-order valence-electron chi connectivity index (χ2n) is 7.71. The highest BCUT2D eigenvalue weighted by molar-refractivity contribution is 6.53. The average Bonchev–Trinajstić information content (AvgIpc) is 2.84. The predicted molar refractivity (Wildman–Crippen MR) is 135 cm³/mol. The van der Waals surface area contributed by atoms with Crippen molar-refractivity contribution in [1.29, 1.82) is 0 Å². The van der Waals surface area contributed by atoms with Gasteiger partial charge in [-0.1, -0.05) is 80.0 Å². The number of benzene rings is 3. The van der Waals surface area contributed by atoms with Crippen LogP contribution in [0.2, 0.25) is 0 Å². The first-order valence-corrected chi connectivity index (χ1v) is 11.7. The van der Waals surface area contributed by atoms with Crippen LogP contribution in [0.1, 0.15) is 43.4 Å². The number of halogens is 1. The van der Waals surface area contributed by atoms with Gasteiger partial charge in [-0.3, -0.25) is 0 Å². The van der Waals surface area contributed by atoms with E-state index < -0.39 is 0 Å². The van der Waals surface area contributed by atoms with Crippen LogP contribution in [0.4, 0.5) is 0 Å². The summed E-state index contributed by atoms with van der Waals surface area (Å²) in [5.41, 5.74) is 3.81. The van der Waals surface area contributed by atoms with Crippen LogP contribution in [0, 0.1) is 0 Å². The van der Waals surface area contributed by atoms with E-state index in [2.05, 4.69) is 18.7 Å². The maximum absolute atomic E-state index is 9.71. The lowest BCUT2D eigenvalue weighted by atomic mass is 9.95. The lowest BCUT2D eigenvalue weighted by molar-refractivity contribution is 0.266. The van der Waals surface area contributed by atoms with Crippen LogP contribution < -0.4 is 4.74 Å². The van der Waals surface area contributed by atoms with Crippen LogP contribution in [0.5, 0.6) is 11.5 Å². The molecule has 0 aliphatic rings. The molecule has 1 N–H and O–H groups in total. The van der Waals surface area contributed by atoms with Crippen molar-refractivity contribution in [3.05, 3.63) is 95.6 Å². The van der Waals surface area contributed by atoms with E-state index in [1.54, 1.807) is 12.1 Å². The molecular formula is C28H32ClNO2. The summed E-state index contributed by atoms with van der Waals surface area (Å²) in [5, 5.41) is 10.4. The highest BCUT2D eigenvalue weighted by Crippen LogP contribution is 2.36. The fraction of sp³-hybridized carbons (Fsp3) is 0.286. The molecule has 0 unspecified atom stereocenters. The predicted octanol–water partition coefficient (Wildman–Crippen LogP) is 7.05. The standard InChI is InChI=1S/C28H32ClNO2/c1-3-30(4-2)20-8-9-21-32-26-18-14-23(15-19-26)27(22-12-16-25(31)17-13-22)28(29)24-10-6-5-7-11-24/h5-7,10-19,31H,3-4,8-9,20-21H2,1-2H3. The second-order valence-corrected chi connectivity index (χ2v) is 8.09. The number of aromatic hydroxyl groups is 1. The molecular weight excluding hydrogens is 418 g/mol. The number of unbranched alkanes of at least 4 members (excludes halogenated alkanes) is 1. The van der Waals surface area contributed by atoms with Crippen LogP contribution in [0.25, 0.3) is 10.6 Å². The summed E-state index contributed by atoms with van der Waals surface area (Å²) in [6, 6.07) is 25.1. The summed E-state index contributed by atoms with van der Waals surface area (Å²) in [4.78, 5) is 2.43. The van der Waals surface area contributed by atoms with Crippen LogP contribution >= 0.6 is 11.6 Å². The number of phenolic OH excluding ortho intramolecular Hbond substituents is 1. The van der Waals surface area contributed by atoms with Gasteiger partial charge in [0.15, 0.2) is 0 Å². The Bertz CT molecular complexity index is 978. The van der Waals surface area contributed by atoms with Crippen molar-refractivity contribution < 1.29 is 9.84 Å². The third-order valence-corrected chi connectivity index (χ3v) is 5.98. The fourth-order valence-electron chi connectivity index (χ4n) is 3.66. The highest BCUT2D eigenvalue weighted by atomic mass is 35.5. The number of nitrogens with zero attached hydrogens (tertiary/aromatic N) is 1. The van der Waals surface area contributed by atoms with Crippen molar-refractivity contribution in [1.82, 2.24) is 4.90 Å². The van der Waals surface area contributed by atoms with Crippen molar-refractivity contribution >= 4 is 22.2 Å². The van der Waals surface area contributed by atoms with E-state index >= 15 is 0 Å². The molecule has 32 heavy (non-hydrogen) atoms. The molecule has 0 saturated carbocycles. The van der Waals surface area contributed by atoms with Gasteiger partial charge in [-0.2, -0.15) is 0 Å². The smallest absolute Gasteiger partial charge is 0.119 e. The molecule has 0 saturated heterocycles. The minimum absolute atomic E-state index is 0.230. The Morgan fingerprint density at radius 3 is 1.97 bits per heavy atom. The number of ether oxygens (including phenoxy) is 1. The monoisotopic (exact) mass is 449 g/mol. The molecule has 3 aromatic carbocycles. The van der Waals surface area contributed by atoms with Gasteiger partial charge in [0.1, 0.15) is 11.5 Å². The van der Waals surface area contributed by atoms with Gasteiger partial charge in [0, 0.05) is 5.57 Å². The molecule has 0 aromatic heterocycles. The Kier molecular flexibility index (Phi) is 9.21. The van der Waals surface area contributed by atoms with E-state index in [4.69, 9.17) is 16.3 Å². The summed E-state index contributed by atoms with van der Waals surface area (Å²) in [5.74, 6) is 1.09. The van der Waals surface area contributed by atoms with E-state index in [9.17, 15) is 5.11 Å². The maximum Gasteiger partial charge on any atom is 0.119 e. The lowest BCUT2D eigenvalue weighted by Crippen LogP contribution is -2.24. The summed E-state index contributed by atoms with van der Waals surface area (Å²) in [6.45, 7) is 8.43. The van der Waals surface area contributed by atoms with Crippen LogP contribution in [-0.2, 0) is 0 Å². The van der Waals surface area contributed by atoms with Gasteiger partial charge >= 0.3 is 0 Å². The van der Waals surface area contributed by atoms with Crippen molar-refractivity contribution in [2.24, 2.45) is 0 Å². The third-order valence-electron chi connectivity index (χ3n) is 5.58. The van der Waals surface area contributed by atoms with Crippen LogP contribution in [0.15, 0.2) is 78.9 Å². The zero-order valence-electron chi connectivity index (χ0n) is 18.9. The minimum Gasteiger partial charge on any atom is -0.508 e. The molecule has 3 aromatic rings. The van der Waals surface area contributed by atoms with Gasteiger partial charge in [-0.05, 0) is 73.4 Å². The molecule has 0 spiro atoms. The van der Waals surface area contributed by atoms with E-state index in [1.807, 2.05) is 66.7 Å². The summed E-state index contributed by atoms with van der Waals surface area (Å²) in [6.07, 6.45) is 2.18. The van der Waals surface area contributed by atoms with Crippen molar-refractivity contribution in [2.45, 2.75) is 26.7 Å². The topological polar surface area (TPSA) is 32.7 Å². The number of hydrogen-bond acceptors (Lipinski definition) is 3. The zero-order valence-corrected chi connectivity index (χ0v) is 19.7. The van der Waals surface area contributed by atoms with E-state index in [1.165, 1.54) is 0 Å². The summed E-state index contributed by atoms with van der Waals surface area (Å²) >= 11 is 6.87. The summed E-state index contributed by atoms with van der Waals surface area (Å²) in [7, 11) is 0. The largest absolute Gasteiger partial charge is 0.508 e. The van der Waals surface area contributed by atoms with E-state index in [-0.39, 0.29) is 5.75 Å². The third kappa shape index (κ3) is 6.62. The van der Waals surface area contributed by atoms with Gasteiger partial charge < -0.3 is 14.7 Å². The molecule has 0 aliphatic carbocycles. The van der Waals surface area contributed by atoms with Crippen molar-refractivity contribution in [3.63, 3.8) is 0 Å². The number of phenols is 1. The molecule has 0 amide bonds. The molecule has 0 atom stereocenters. The van der Waals surface area contributed by atoms with Crippen molar-refractivity contribution in [2.75, 3.05) is 26.2 Å². The number of rotatable bonds is 11. The Labute approximate surface area is 196 Å². The molecule has 0 aliphatic heterocycles. The first kappa shape index (κ1) is 23.9. The van der Waals surface area contributed by atoms with E-state index in [0.717, 1.165) is 60.5 Å². The first-order chi connectivity index (χ1) is 15.6.